The third-order valence-corrected chi connectivity index (χ3v) is 2.75. The number of rotatable bonds is 3. The molecule has 0 saturated carbocycles. The normalized spacial score (nSPS) is 24.1. The fraction of sp³-hybridized carbons (Fsp3) is 0.833. The minimum atomic E-state index is -0.887. The number of nitrogens with zero attached hydrogens (tertiary/aromatic N) is 1. The first-order valence-electron chi connectivity index (χ1n) is 5.96. The van der Waals surface area contributed by atoms with E-state index in [0.717, 1.165) is 0 Å². The molecule has 1 unspecified atom stereocenters. The Hall–Kier alpha value is -1.30. The van der Waals surface area contributed by atoms with Crippen LogP contribution in [0.25, 0.3) is 0 Å². The summed E-state index contributed by atoms with van der Waals surface area (Å²) in [5, 5.41) is 9.01. The Kier molecular flexibility index (Phi) is 4.56. The molecule has 6 nitrogen and oxygen atoms in total. The average molecular weight is 259 g/mol. The number of carboxylic acids is 1. The molecular formula is C12H21NO5. The second-order valence-electron chi connectivity index (χ2n) is 5.51. The topological polar surface area (TPSA) is 76.1 Å². The molecule has 0 radical (unpaired) electrons. The van der Waals surface area contributed by atoms with Gasteiger partial charge < -0.3 is 19.5 Å². The quantitative estimate of drug-likeness (QED) is 0.827. The van der Waals surface area contributed by atoms with Gasteiger partial charge >= 0.3 is 12.1 Å². The minimum absolute atomic E-state index is 0.179. The molecule has 2 atom stereocenters. The molecule has 1 saturated heterocycles. The van der Waals surface area contributed by atoms with Gasteiger partial charge in [-0.05, 0) is 27.2 Å². The van der Waals surface area contributed by atoms with E-state index in [1.807, 2.05) is 0 Å². The summed E-state index contributed by atoms with van der Waals surface area (Å²) in [5.41, 5.74) is -0.587. The maximum atomic E-state index is 12.0. The number of hydrogen-bond acceptors (Lipinski definition) is 4. The molecule has 1 aliphatic rings. The molecule has 1 heterocycles. The zero-order valence-corrected chi connectivity index (χ0v) is 11.3. The highest BCUT2D eigenvalue weighted by molar-refractivity contribution is 5.74. The summed E-state index contributed by atoms with van der Waals surface area (Å²) in [5.74, 6) is -1.43. The summed E-state index contributed by atoms with van der Waals surface area (Å²) in [6, 6.07) is -0.231. The number of methoxy groups -OCH3 is 1. The SMILES string of the molecule is COC[C@H]1CC(C(=O)O)CN1C(=O)OC(C)(C)C. The molecule has 0 spiro atoms. The van der Waals surface area contributed by atoms with E-state index < -0.39 is 23.6 Å². The van der Waals surface area contributed by atoms with Gasteiger partial charge in [0.25, 0.3) is 0 Å². The molecule has 1 rings (SSSR count). The van der Waals surface area contributed by atoms with Crippen LogP contribution in [0.2, 0.25) is 0 Å². The van der Waals surface area contributed by atoms with Crippen molar-refractivity contribution in [1.29, 1.82) is 0 Å². The van der Waals surface area contributed by atoms with Crippen molar-refractivity contribution in [1.82, 2.24) is 4.90 Å². The van der Waals surface area contributed by atoms with Gasteiger partial charge in [-0.1, -0.05) is 0 Å². The lowest BCUT2D eigenvalue weighted by Crippen LogP contribution is -2.41. The fourth-order valence-corrected chi connectivity index (χ4v) is 1.99. The maximum absolute atomic E-state index is 12.0. The molecule has 0 aromatic heterocycles. The summed E-state index contributed by atoms with van der Waals surface area (Å²) < 4.78 is 10.3. The smallest absolute Gasteiger partial charge is 0.410 e. The molecule has 0 bridgehead atoms. The van der Waals surface area contributed by atoms with Gasteiger partial charge in [-0.2, -0.15) is 0 Å². The Morgan fingerprint density at radius 1 is 1.39 bits per heavy atom. The number of carbonyl (C=O) groups is 2. The van der Waals surface area contributed by atoms with E-state index in [9.17, 15) is 9.59 Å². The molecular weight excluding hydrogens is 238 g/mol. The highest BCUT2D eigenvalue weighted by Gasteiger charge is 2.40. The number of hydrogen-bond donors (Lipinski definition) is 1. The molecule has 104 valence electrons. The van der Waals surface area contributed by atoms with Gasteiger partial charge in [-0.3, -0.25) is 4.79 Å². The first kappa shape index (κ1) is 14.8. The number of likely N-dealkylation sites (tertiary alicyclic amines) is 1. The van der Waals surface area contributed by atoms with Crippen molar-refractivity contribution in [3.8, 4) is 0 Å². The van der Waals surface area contributed by atoms with Crippen LogP contribution < -0.4 is 0 Å². The van der Waals surface area contributed by atoms with Crippen LogP contribution in [0.1, 0.15) is 27.2 Å². The largest absolute Gasteiger partial charge is 0.481 e. The number of carbonyl (C=O) groups excluding carboxylic acids is 1. The van der Waals surface area contributed by atoms with Gasteiger partial charge in [0.2, 0.25) is 0 Å². The minimum Gasteiger partial charge on any atom is -0.481 e. The molecule has 1 N–H and O–H groups in total. The number of carboxylic acid groups (broad SMARTS) is 1. The molecule has 18 heavy (non-hydrogen) atoms. The highest BCUT2D eigenvalue weighted by Crippen LogP contribution is 2.25. The van der Waals surface area contributed by atoms with Gasteiger partial charge in [0.1, 0.15) is 5.60 Å². The van der Waals surface area contributed by atoms with Crippen LogP contribution in [0.3, 0.4) is 0 Å². The Labute approximate surface area is 107 Å². The second kappa shape index (κ2) is 5.56. The maximum Gasteiger partial charge on any atom is 0.410 e. The van der Waals surface area contributed by atoms with E-state index in [-0.39, 0.29) is 12.6 Å². The summed E-state index contributed by atoms with van der Waals surface area (Å²) in [4.78, 5) is 24.4. The van der Waals surface area contributed by atoms with Crippen LogP contribution in [0.15, 0.2) is 0 Å². The molecule has 6 heteroatoms. The van der Waals surface area contributed by atoms with E-state index >= 15 is 0 Å². The zero-order chi connectivity index (χ0) is 13.9. The molecule has 0 aromatic carbocycles. The number of aliphatic carboxylic acids is 1. The van der Waals surface area contributed by atoms with Crippen LogP contribution >= 0.6 is 0 Å². The molecule has 1 aliphatic heterocycles. The van der Waals surface area contributed by atoms with Gasteiger partial charge in [0, 0.05) is 13.7 Å². The third-order valence-electron chi connectivity index (χ3n) is 2.75. The summed E-state index contributed by atoms with van der Waals surface area (Å²) in [6.07, 6.45) is -0.0733. The van der Waals surface area contributed by atoms with Crippen molar-refractivity contribution in [2.45, 2.75) is 38.8 Å². The van der Waals surface area contributed by atoms with Crippen LogP contribution in [0, 0.1) is 5.92 Å². The van der Waals surface area contributed by atoms with Crippen LogP contribution in [-0.2, 0) is 14.3 Å². The Balaban J connectivity index is 2.71. The first-order chi connectivity index (χ1) is 8.24. The number of ether oxygens (including phenoxy) is 2. The van der Waals surface area contributed by atoms with Crippen LogP contribution in [-0.4, -0.2) is 54.0 Å². The zero-order valence-electron chi connectivity index (χ0n) is 11.3. The van der Waals surface area contributed by atoms with Crippen LogP contribution in [0.5, 0.6) is 0 Å². The summed E-state index contributed by atoms with van der Waals surface area (Å²) in [6.45, 7) is 5.84. The predicted molar refractivity (Wildman–Crippen MR) is 64.3 cm³/mol. The second-order valence-corrected chi connectivity index (χ2v) is 5.51. The van der Waals surface area contributed by atoms with E-state index in [1.54, 1.807) is 20.8 Å². The van der Waals surface area contributed by atoms with Crippen molar-refractivity contribution in [2.75, 3.05) is 20.3 Å². The summed E-state index contributed by atoms with van der Waals surface area (Å²) >= 11 is 0. The van der Waals surface area contributed by atoms with E-state index in [2.05, 4.69) is 0 Å². The Morgan fingerprint density at radius 2 is 2.00 bits per heavy atom. The van der Waals surface area contributed by atoms with Crippen molar-refractivity contribution in [3.63, 3.8) is 0 Å². The lowest BCUT2D eigenvalue weighted by Gasteiger charge is -2.28. The van der Waals surface area contributed by atoms with Crippen molar-refractivity contribution >= 4 is 12.1 Å². The average Bonchev–Trinajstić information content (AvgIpc) is 2.59. The van der Waals surface area contributed by atoms with Crippen molar-refractivity contribution in [2.24, 2.45) is 5.92 Å². The molecule has 0 aromatic rings. The molecule has 1 fully saturated rings. The fourth-order valence-electron chi connectivity index (χ4n) is 1.99. The first-order valence-corrected chi connectivity index (χ1v) is 5.96. The monoisotopic (exact) mass is 259 g/mol. The van der Waals surface area contributed by atoms with E-state index in [1.165, 1.54) is 12.0 Å². The lowest BCUT2D eigenvalue weighted by atomic mass is 10.1. The predicted octanol–water partition coefficient (Wildman–Crippen LogP) is 1.34. The highest BCUT2D eigenvalue weighted by atomic mass is 16.6. The Bertz CT molecular complexity index is 323. The summed E-state index contributed by atoms with van der Waals surface area (Å²) in [7, 11) is 1.53. The van der Waals surface area contributed by atoms with E-state index in [4.69, 9.17) is 14.6 Å². The molecule has 1 amide bonds. The van der Waals surface area contributed by atoms with Gasteiger partial charge in [0.15, 0.2) is 0 Å². The van der Waals surface area contributed by atoms with Crippen LogP contribution in [0.4, 0.5) is 4.79 Å². The van der Waals surface area contributed by atoms with Gasteiger partial charge in [-0.25, -0.2) is 4.79 Å². The lowest BCUT2D eigenvalue weighted by molar-refractivity contribution is -0.141. The van der Waals surface area contributed by atoms with Crippen molar-refractivity contribution in [3.05, 3.63) is 0 Å². The van der Waals surface area contributed by atoms with Gasteiger partial charge in [-0.15, -0.1) is 0 Å². The third kappa shape index (κ3) is 3.87. The Morgan fingerprint density at radius 3 is 2.44 bits per heavy atom. The van der Waals surface area contributed by atoms with Crippen molar-refractivity contribution < 1.29 is 24.2 Å². The number of amides is 1. The standard InChI is InChI=1S/C12H21NO5/c1-12(2,3)18-11(16)13-6-8(10(14)15)5-9(13)7-17-4/h8-9H,5-7H2,1-4H3,(H,14,15)/t8?,9-/m1/s1. The molecule has 0 aliphatic carbocycles. The van der Waals surface area contributed by atoms with E-state index in [0.29, 0.717) is 13.0 Å². The van der Waals surface area contributed by atoms with Gasteiger partial charge in [0.05, 0.1) is 18.6 Å².